The maximum absolute atomic E-state index is 11.9. The zero-order valence-corrected chi connectivity index (χ0v) is 8.76. The molecule has 1 heterocycles. The van der Waals surface area contributed by atoms with Gasteiger partial charge in [0.05, 0.1) is 19.6 Å². The van der Waals surface area contributed by atoms with Crippen LogP contribution in [0.3, 0.4) is 0 Å². The average Bonchev–Trinajstić information content (AvgIpc) is 2.47. The van der Waals surface area contributed by atoms with Crippen LogP contribution in [0.25, 0.3) is 0 Å². The van der Waals surface area contributed by atoms with Crippen LogP contribution in [0, 0.1) is 5.92 Å². The Morgan fingerprint density at radius 1 is 1.40 bits per heavy atom. The van der Waals surface area contributed by atoms with Gasteiger partial charge in [-0.2, -0.15) is 13.2 Å². The van der Waals surface area contributed by atoms with Gasteiger partial charge < -0.3 is 15.4 Å². The van der Waals surface area contributed by atoms with Crippen molar-refractivity contribution >= 4 is 0 Å². The van der Waals surface area contributed by atoms with Crippen LogP contribution in [0.4, 0.5) is 13.2 Å². The van der Waals surface area contributed by atoms with Crippen molar-refractivity contribution in [3.8, 4) is 0 Å². The molecule has 90 valence electrons. The molecule has 6 heteroatoms. The first kappa shape index (κ1) is 12.7. The van der Waals surface area contributed by atoms with E-state index in [1.807, 2.05) is 0 Å². The van der Waals surface area contributed by atoms with Crippen LogP contribution in [0.15, 0.2) is 0 Å². The average molecular weight is 226 g/mol. The molecular formula is C9H17F3N2O. The summed E-state index contributed by atoms with van der Waals surface area (Å²) in [5, 5.41) is 0. The van der Waals surface area contributed by atoms with Crippen molar-refractivity contribution < 1.29 is 17.9 Å². The van der Waals surface area contributed by atoms with Gasteiger partial charge in [-0.1, -0.05) is 0 Å². The molecule has 1 saturated heterocycles. The van der Waals surface area contributed by atoms with Crippen LogP contribution in [-0.2, 0) is 4.74 Å². The molecule has 0 spiro atoms. The van der Waals surface area contributed by atoms with Crippen LogP contribution in [0.2, 0.25) is 0 Å². The van der Waals surface area contributed by atoms with E-state index in [1.165, 1.54) is 0 Å². The molecule has 0 aliphatic carbocycles. The van der Waals surface area contributed by atoms with Gasteiger partial charge in [-0.25, -0.2) is 0 Å². The maximum atomic E-state index is 11.9. The number of hydrogen-bond donors (Lipinski definition) is 1. The second-order valence-electron chi connectivity index (χ2n) is 4.09. The number of ether oxygens (including phenoxy) is 1. The van der Waals surface area contributed by atoms with Gasteiger partial charge in [0, 0.05) is 25.0 Å². The zero-order chi connectivity index (χ0) is 11.5. The van der Waals surface area contributed by atoms with Crippen LogP contribution < -0.4 is 5.73 Å². The minimum Gasteiger partial charge on any atom is -0.379 e. The lowest BCUT2D eigenvalue weighted by atomic mass is 10.0. The molecule has 0 radical (unpaired) electrons. The van der Waals surface area contributed by atoms with E-state index in [2.05, 4.69) is 0 Å². The highest BCUT2D eigenvalue weighted by Crippen LogP contribution is 2.20. The fraction of sp³-hybridized carbons (Fsp3) is 1.00. The molecule has 2 unspecified atom stereocenters. The maximum Gasteiger partial charge on any atom is 0.390 e. The molecule has 15 heavy (non-hydrogen) atoms. The van der Waals surface area contributed by atoms with Gasteiger partial charge in [-0.15, -0.1) is 0 Å². The van der Waals surface area contributed by atoms with E-state index in [0.29, 0.717) is 19.8 Å². The standard InChI is InChI=1S/C9H17F3N2O/c1-14(3-2-9(10,11)12)4-7-5-15-6-8(7)13/h7-8H,2-6,13H2,1H3. The molecule has 0 aromatic carbocycles. The van der Waals surface area contributed by atoms with Crippen molar-refractivity contribution in [3.05, 3.63) is 0 Å². The third-order valence-electron chi connectivity index (χ3n) is 2.57. The molecule has 0 amide bonds. The number of hydrogen-bond acceptors (Lipinski definition) is 3. The zero-order valence-electron chi connectivity index (χ0n) is 8.76. The smallest absolute Gasteiger partial charge is 0.379 e. The summed E-state index contributed by atoms with van der Waals surface area (Å²) < 4.78 is 40.9. The van der Waals surface area contributed by atoms with Crippen LogP contribution in [0.1, 0.15) is 6.42 Å². The van der Waals surface area contributed by atoms with E-state index in [-0.39, 0.29) is 18.5 Å². The Morgan fingerprint density at radius 2 is 2.07 bits per heavy atom. The van der Waals surface area contributed by atoms with Gasteiger partial charge in [0.2, 0.25) is 0 Å². The predicted octanol–water partition coefficient (Wildman–Crippen LogP) is 0.844. The van der Waals surface area contributed by atoms with E-state index in [4.69, 9.17) is 10.5 Å². The molecule has 1 rings (SSSR count). The first-order chi connectivity index (χ1) is 6.88. The van der Waals surface area contributed by atoms with E-state index in [0.717, 1.165) is 0 Å². The number of rotatable bonds is 4. The van der Waals surface area contributed by atoms with Crippen LogP contribution in [-0.4, -0.2) is 50.5 Å². The molecule has 2 atom stereocenters. The summed E-state index contributed by atoms with van der Waals surface area (Å²) in [6.45, 7) is 1.65. The van der Waals surface area contributed by atoms with Gasteiger partial charge in [0.25, 0.3) is 0 Å². The largest absolute Gasteiger partial charge is 0.390 e. The second kappa shape index (κ2) is 5.14. The molecule has 1 fully saturated rings. The minimum absolute atomic E-state index is 0.0206. The van der Waals surface area contributed by atoms with Crippen molar-refractivity contribution in [1.29, 1.82) is 0 Å². The summed E-state index contributed by atoms with van der Waals surface area (Å²) in [5.74, 6) is 0.156. The van der Waals surface area contributed by atoms with Crippen molar-refractivity contribution in [2.45, 2.75) is 18.6 Å². The van der Waals surface area contributed by atoms with Crippen molar-refractivity contribution in [3.63, 3.8) is 0 Å². The number of halogens is 3. The van der Waals surface area contributed by atoms with E-state index >= 15 is 0 Å². The Hall–Kier alpha value is -0.330. The molecule has 1 aliphatic heterocycles. The Kier molecular flexibility index (Phi) is 4.36. The lowest BCUT2D eigenvalue weighted by Gasteiger charge is -2.22. The van der Waals surface area contributed by atoms with Crippen molar-refractivity contribution in [2.24, 2.45) is 11.7 Å². The van der Waals surface area contributed by atoms with Crippen LogP contribution in [0.5, 0.6) is 0 Å². The summed E-state index contributed by atoms with van der Waals surface area (Å²) in [7, 11) is 1.68. The first-order valence-corrected chi connectivity index (χ1v) is 4.97. The Balaban J connectivity index is 2.20. The predicted molar refractivity (Wildman–Crippen MR) is 50.5 cm³/mol. The Morgan fingerprint density at radius 3 is 2.53 bits per heavy atom. The van der Waals surface area contributed by atoms with Crippen LogP contribution >= 0.6 is 0 Å². The van der Waals surface area contributed by atoms with Crippen molar-refractivity contribution in [1.82, 2.24) is 4.90 Å². The van der Waals surface area contributed by atoms with Gasteiger partial charge in [-0.3, -0.25) is 0 Å². The topological polar surface area (TPSA) is 38.5 Å². The summed E-state index contributed by atoms with van der Waals surface area (Å²) >= 11 is 0. The second-order valence-corrected chi connectivity index (χ2v) is 4.09. The molecule has 1 aliphatic rings. The Bertz CT molecular complexity index is 198. The van der Waals surface area contributed by atoms with E-state index in [1.54, 1.807) is 11.9 Å². The molecule has 3 nitrogen and oxygen atoms in total. The monoisotopic (exact) mass is 226 g/mol. The van der Waals surface area contributed by atoms with Gasteiger partial charge >= 0.3 is 6.18 Å². The molecule has 0 aromatic rings. The lowest BCUT2D eigenvalue weighted by Crippen LogP contribution is -2.38. The number of alkyl halides is 3. The van der Waals surface area contributed by atoms with Gasteiger partial charge in [-0.05, 0) is 7.05 Å². The summed E-state index contributed by atoms with van der Waals surface area (Å²) in [5.41, 5.74) is 5.74. The quantitative estimate of drug-likeness (QED) is 0.772. The fourth-order valence-electron chi connectivity index (χ4n) is 1.61. The third kappa shape index (κ3) is 4.81. The SMILES string of the molecule is CN(CCC(F)(F)F)CC1COCC1N. The molecule has 2 N–H and O–H groups in total. The highest BCUT2D eigenvalue weighted by molar-refractivity contribution is 4.80. The summed E-state index contributed by atoms with van der Waals surface area (Å²) in [4.78, 5) is 1.66. The highest BCUT2D eigenvalue weighted by atomic mass is 19.4. The highest BCUT2D eigenvalue weighted by Gasteiger charge is 2.29. The lowest BCUT2D eigenvalue weighted by molar-refractivity contribution is -0.137. The summed E-state index contributed by atoms with van der Waals surface area (Å²) in [6, 6.07) is -0.0432. The van der Waals surface area contributed by atoms with Gasteiger partial charge in [0.1, 0.15) is 0 Å². The summed E-state index contributed by atoms with van der Waals surface area (Å²) in [6.07, 6.45) is -4.85. The molecule has 0 aromatic heterocycles. The number of nitrogens with two attached hydrogens (primary N) is 1. The van der Waals surface area contributed by atoms with E-state index in [9.17, 15) is 13.2 Å². The molecule has 0 bridgehead atoms. The minimum atomic E-state index is -4.08. The van der Waals surface area contributed by atoms with Gasteiger partial charge in [0.15, 0.2) is 0 Å². The molecular weight excluding hydrogens is 209 g/mol. The van der Waals surface area contributed by atoms with Crippen molar-refractivity contribution in [2.75, 3.05) is 33.4 Å². The Labute approximate surface area is 87.4 Å². The molecule has 0 saturated carbocycles. The third-order valence-corrected chi connectivity index (χ3v) is 2.57. The normalized spacial score (nSPS) is 27.6. The fourth-order valence-corrected chi connectivity index (χ4v) is 1.61. The van der Waals surface area contributed by atoms with E-state index < -0.39 is 12.6 Å². The first-order valence-electron chi connectivity index (χ1n) is 4.97. The number of nitrogens with zero attached hydrogens (tertiary/aromatic N) is 1.